The van der Waals surface area contributed by atoms with Crippen molar-refractivity contribution in [3.8, 4) is 17.2 Å². The van der Waals surface area contributed by atoms with Crippen molar-refractivity contribution in [2.45, 2.75) is 6.61 Å². The fourth-order valence-corrected chi connectivity index (χ4v) is 1.45. The van der Waals surface area contributed by atoms with Gasteiger partial charge in [0.1, 0.15) is 12.4 Å². The summed E-state index contributed by atoms with van der Waals surface area (Å²) in [7, 11) is 1.56. The van der Waals surface area contributed by atoms with E-state index >= 15 is 0 Å². The molecule has 0 unspecified atom stereocenters. The van der Waals surface area contributed by atoms with E-state index in [9.17, 15) is 5.11 Å². The topological polar surface area (TPSA) is 68.4 Å². The van der Waals surface area contributed by atoms with E-state index in [4.69, 9.17) is 9.26 Å². The molecule has 16 heavy (non-hydrogen) atoms. The van der Waals surface area contributed by atoms with Gasteiger partial charge in [-0.15, -0.1) is 0 Å². The van der Waals surface area contributed by atoms with Crippen molar-refractivity contribution in [1.29, 1.82) is 0 Å². The molecule has 0 fully saturated rings. The standard InChI is InChI=1S/C10H9BrN2O3/c1-15-5-9-12-10(16-13-9)6-2-3-7(11)8(14)4-6/h2-4,14H,5H2,1H3. The average molecular weight is 285 g/mol. The van der Waals surface area contributed by atoms with E-state index in [0.717, 1.165) is 0 Å². The van der Waals surface area contributed by atoms with Crippen molar-refractivity contribution < 1.29 is 14.4 Å². The average Bonchev–Trinajstić information content (AvgIpc) is 2.71. The number of aromatic nitrogens is 2. The van der Waals surface area contributed by atoms with Crippen LogP contribution in [0.15, 0.2) is 27.2 Å². The second-order valence-corrected chi connectivity index (χ2v) is 3.97. The van der Waals surface area contributed by atoms with Gasteiger partial charge in [-0.2, -0.15) is 4.98 Å². The largest absolute Gasteiger partial charge is 0.507 e. The van der Waals surface area contributed by atoms with Crippen molar-refractivity contribution >= 4 is 15.9 Å². The Kier molecular flexibility index (Phi) is 3.21. The molecule has 0 atom stereocenters. The molecule has 0 radical (unpaired) electrons. The molecule has 0 saturated heterocycles. The van der Waals surface area contributed by atoms with Crippen LogP contribution in [-0.4, -0.2) is 22.4 Å². The van der Waals surface area contributed by atoms with Crippen LogP contribution in [0, 0.1) is 0 Å². The summed E-state index contributed by atoms with van der Waals surface area (Å²) in [5, 5.41) is 13.2. The Morgan fingerprint density at radius 3 is 3.00 bits per heavy atom. The van der Waals surface area contributed by atoms with E-state index in [-0.39, 0.29) is 5.75 Å². The van der Waals surface area contributed by atoms with E-state index in [1.807, 2.05) is 0 Å². The van der Waals surface area contributed by atoms with E-state index in [2.05, 4.69) is 26.1 Å². The molecule has 1 heterocycles. The first-order chi connectivity index (χ1) is 7.70. The van der Waals surface area contributed by atoms with Gasteiger partial charge in [-0.25, -0.2) is 0 Å². The van der Waals surface area contributed by atoms with Gasteiger partial charge in [0.2, 0.25) is 0 Å². The molecule has 0 aliphatic heterocycles. The summed E-state index contributed by atoms with van der Waals surface area (Å²) in [5.74, 6) is 0.957. The minimum Gasteiger partial charge on any atom is -0.507 e. The Morgan fingerprint density at radius 2 is 2.31 bits per heavy atom. The molecule has 2 rings (SSSR count). The van der Waals surface area contributed by atoms with Crippen LogP contribution in [0.2, 0.25) is 0 Å². The summed E-state index contributed by atoms with van der Waals surface area (Å²) in [4.78, 5) is 4.11. The molecule has 0 bridgehead atoms. The van der Waals surface area contributed by atoms with E-state index < -0.39 is 0 Å². The number of nitrogens with zero attached hydrogens (tertiary/aromatic N) is 2. The first-order valence-corrected chi connectivity index (χ1v) is 5.30. The molecule has 0 spiro atoms. The lowest BCUT2D eigenvalue weighted by Gasteiger charge is -1.97. The van der Waals surface area contributed by atoms with Gasteiger partial charge >= 0.3 is 0 Å². The zero-order chi connectivity index (χ0) is 11.5. The molecule has 1 aromatic heterocycles. The third-order valence-corrected chi connectivity index (χ3v) is 2.61. The number of halogens is 1. The molecule has 2 aromatic rings. The van der Waals surface area contributed by atoms with Crippen molar-refractivity contribution in [2.24, 2.45) is 0 Å². The van der Waals surface area contributed by atoms with Crippen LogP contribution < -0.4 is 0 Å². The minimum absolute atomic E-state index is 0.129. The van der Waals surface area contributed by atoms with Crippen molar-refractivity contribution in [1.82, 2.24) is 10.1 Å². The molecule has 0 saturated carbocycles. The first kappa shape index (κ1) is 11.1. The van der Waals surface area contributed by atoms with Gasteiger partial charge < -0.3 is 14.4 Å². The number of hydrogen-bond acceptors (Lipinski definition) is 5. The van der Waals surface area contributed by atoms with Gasteiger partial charge in [-0.05, 0) is 34.1 Å². The Labute approximate surface area is 100 Å². The second kappa shape index (κ2) is 4.63. The quantitative estimate of drug-likeness (QED) is 0.937. The van der Waals surface area contributed by atoms with E-state index in [1.165, 1.54) is 0 Å². The summed E-state index contributed by atoms with van der Waals surface area (Å²) >= 11 is 3.20. The maximum absolute atomic E-state index is 9.51. The van der Waals surface area contributed by atoms with Crippen LogP contribution >= 0.6 is 15.9 Å². The molecule has 0 aliphatic carbocycles. The third-order valence-electron chi connectivity index (χ3n) is 1.93. The zero-order valence-electron chi connectivity index (χ0n) is 8.48. The maximum Gasteiger partial charge on any atom is 0.258 e. The number of phenols is 1. The predicted octanol–water partition coefficient (Wildman–Crippen LogP) is 2.35. The maximum atomic E-state index is 9.51. The van der Waals surface area contributed by atoms with Crippen LogP contribution in [-0.2, 0) is 11.3 Å². The van der Waals surface area contributed by atoms with Gasteiger partial charge in [-0.1, -0.05) is 5.16 Å². The molecular formula is C10H9BrN2O3. The van der Waals surface area contributed by atoms with Crippen LogP contribution in [0.1, 0.15) is 5.82 Å². The number of hydrogen-bond donors (Lipinski definition) is 1. The highest BCUT2D eigenvalue weighted by molar-refractivity contribution is 9.10. The lowest BCUT2D eigenvalue weighted by Crippen LogP contribution is -1.89. The van der Waals surface area contributed by atoms with Gasteiger partial charge in [0.15, 0.2) is 5.82 Å². The second-order valence-electron chi connectivity index (χ2n) is 3.11. The Hall–Kier alpha value is -1.40. The number of ether oxygens (including phenoxy) is 1. The van der Waals surface area contributed by atoms with Gasteiger partial charge in [0.25, 0.3) is 5.89 Å². The summed E-state index contributed by atoms with van der Waals surface area (Å²) in [6.45, 7) is 0.298. The van der Waals surface area contributed by atoms with Crippen LogP contribution in [0.4, 0.5) is 0 Å². The lowest BCUT2D eigenvalue weighted by atomic mass is 10.2. The fraction of sp³-hybridized carbons (Fsp3) is 0.200. The number of aromatic hydroxyl groups is 1. The fourth-order valence-electron chi connectivity index (χ4n) is 1.20. The van der Waals surface area contributed by atoms with Crippen LogP contribution in [0.3, 0.4) is 0 Å². The summed E-state index contributed by atoms with van der Waals surface area (Å²) in [6.07, 6.45) is 0. The number of rotatable bonds is 3. The minimum atomic E-state index is 0.129. The number of phenolic OH excluding ortho intramolecular Hbond substituents is 1. The SMILES string of the molecule is COCc1noc(-c2ccc(Br)c(O)c2)n1. The van der Waals surface area contributed by atoms with E-state index in [1.54, 1.807) is 25.3 Å². The summed E-state index contributed by atoms with van der Waals surface area (Å²) in [5.41, 5.74) is 0.663. The molecule has 6 heteroatoms. The third kappa shape index (κ3) is 2.23. The molecule has 84 valence electrons. The molecule has 0 aliphatic rings. The zero-order valence-corrected chi connectivity index (χ0v) is 10.1. The normalized spacial score (nSPS) is 10.6. The van der Waals surface area contributed by atoms with Crippen molar-refractivity contribution in [3.05, 3.63) is 28.5 Å². The highest BCUT2D eigenvalue weighted by Crippen LogP contribution is 2.28. The van der Waals surface area contributed by atoms with Gasteiger partial charge in [-0.3, -0.25) is 0 Å². The molecular weight excluding hydrogens is 276 g/mol. The summed E-state index contributed by atoms with van der Waals surface area (Å²) < 4.78 is 10.5. The smallest absolute Gasteiger partial charge is 0.258 e. The van der Waals surface area contributed by atoms with Gasteiger partial charge in [0, 0.05) is 12.7 Å². The number of methoxy groups -OCH3 is 1. The van der Waals surface area contributed by atoms with Crippen LogP contribution in [0.5, 0.6) is 5.75 Å². The first-order valence-electron chi connectivity index (χ1n) is 4.51. The highest BCUT2D eigenvalue weighted by atomic mass is 79.9. The van der Waals surface area contributed by atoms with E-state index in [0.29, 0.717) is 28.4 Å². The Balaban J connectivity index is 2.31. The lowest BCUT2D eigenvalue weighted by molar-refractivity contribution is 0.174. The molecule has 1 N–H and O–H groups in total. The molecule has 0 amide bonds. The Bertz CT molecular complexity index is 499. The monoisotopic (exact) mass is 284 g/mol. The summed E-state index contributed by atoms with van der Waals surface area (Å²) in [6, 6.07) is 5.03. The van der Waals surface area contributed by atoms with Crippen molar-refractivity contribution in [3.63, 3.8) is 0 Å². The molecule has 1 aromatic carbocycles. The predicted molar refractivity (Wildman–Crippen MR) is 59.8 cm³/mol. The highest BCUT2D eigenvalue weighted by Gasteiger charge is 2.10. The van der Waals surface area contributed by atoms with Crippen LogP contribution in [0.25, 0.3) is 11.5 Å². The number of benzene rings is 1. The Morgan fingerprint density at radius 1 is 1.50 bits per heavy atom. The molecule has 5 nitrogen and oxygen atoms in total. The van der Waals surface area contributed by atoms with Gasteiger partial charge in [0.05, 0.1) is 4.47 Å². The van der Waals surface area contributed by atoms with Crippen molar-refractivity contribution in [2.75, 3.05) is 7.11 Å².